The van der Waals surface area contributed by atoms with Gasteiger partial charge >= 0.3 is 12.0 Å². The maximum Gasteiger partial charge on any atom is 0.326 e. The van der Waals surface area contributed by atoms with Crippen LogP contribution in [0.15, 0.2) is 18.7 Å². The van der Waals surface area contributed by atoms with Crippen LogP contribution >= 0.6 is 0 Å². The molecule has 1 atom stereocenters. The van der Waals surface area contributed by atoms with E-state index in [1.54, 1.807) is 26.4 Å². The molecule has 112 valence electrons. The van der Waals surface area contributed by atoms with Crippen LogP contribution in [0.3, 0.4) is 0 Å². The zero-order valence-corrected chi connectivity index (χ0v) is 11.9. The summed E-state index contributed by atoms with van der Waals surface area (Å²) in [6, 6.07) is -1.30. The van der Waals surface area contributed by atoms with Gasteiger partial charge in [0.1, 0.15) is 6.04 Å². The van der Waals surface area contributed by atoms with Gasteiger partial charge in [0.25, 0.3) is 0 Å². The predicted octanol–water partition coefficient (Wildman–Crippen LogP) is 1.07. The van der Waals surface area contributed by atoms with Crippen LogP contribution < -0.4 is 10.6 Å². The van der Waals surface area contributed by atoms with Gasteiger partial charge in [-0.3, -0.25) is 0 Å². The fourth-order valence-electron chi connectivity index (χ4n) is 1.75. The number of amides is 2. The Bertz CT molecular complexity index is 417. The van der Waals surface area contributed by atoms with E-state index in [-0.39, 0.29) is 5.92 Å². The van der Waals surface area contributed by atoms with Crippen LogP contribution in [0.25, 0.3) is 0 Å². The second-order valence-corrected chi connectivity index (χ2v) is 4.97. The fraction of sp³-hybridized carbons (Fsp3) is 0.615. The van der Waals surface area contributed by atoms with Crippen molar-refractivity contribution in [2.75, 3.05) is 6.54 Å². The fourth-order valence-corrected chi connectivity index (χ4v) is 1.75. The lowest BCUT2D eigenvalue weighted by atomic mass is 10.1. The molecule has 3 N–H and O–H groups in total. The summed E-state index contributed by atoms with van der Waals surface area (Å²) in [5, 5.41) is 14.1. The summed E-state index contributed by atoms with van der Waals surface area (Å²) in [6.45, 7) is 4.88. The third-order valence-electron chi connectivity index (χ3n) is 2.91. The van der Waals surface area contributed by atoms with Crippen LogP contribution in [0.4, 0.5) is 4.79 Å². The third-order valence-corrected chi connectivity index (χ3v) is 2.91. The number of carbonyl (C=O) groups excluding carboxylic acids is 1. The summed E-state index contributed by atoms with van der Waals surface area (Å²) in [7, 11) is 0. The molecule has 1 heterocycles. The summed E-state index contributed by atoms with van der Waals surface area (Å²) >= 11 is 0. The molecule has 2 amide bonds. The van der Waals surface area contributed by atoms with Gasteiger partial charge in [-0.15, -0.1) is 0 Å². The highest BCUT2D eigenvalue weighted by molar-refractivity contribution is 5.82. The highest BCUT2D eigenvalue weighted by Crippen LogP contribution is 2.01. The van der Waals surface area contributed by atoms with Gasteiger partial charge in [0, 0.05) is 25.5 Å². The van der Waals surface area contributed by atoms with Crippen molar-refractivity contribution in [2.24, 2.45) is 5.92 Å². The molecule has 0 bridgehead atoms. The van der Waals surface area contributed by atoms with E-state index in [9.17, 15) is 9.59 Å². The lowest BCUT2D eigenvalue weighted by Gasteiger charge is -2.18. The maximum atomic E-state index is 11.6. The van der Waals surface area contributed by atoms with Gasteiger partial charge in [0.15, 0.2) is 0 Å². The van der Waals surface area contributed by atoms with Gasteiger partial charge in [-0.2, -0.15) is 0 Å². The van der Waals surface area contributed by atoms with Crippen molar-refractivity contribution in [3.05, 3.63) is 18.7 Å². The summed E-state index contributed by atoms with van der Waals surface area (Å²) < 4.78 is 1.97. The van der Waals surface area contributed by atoms with Gasteiger partial charge in [-0.25, -0.2) is 14.6 Å². The number of carboxylic acids is 1. The number of carbonyl (C=O) groups is 2. The molecular weight excluding hydrogens is 260 g/mol. The number of aromatic nitrogens is 2. The third kappa shape index (κ3) is 5.73. The number of hydrogen-bond acceptors (Lipinski definition) is 3. The number of carboxylic acid groups (broad SMARTS) is 1. The molecule has 0 aliphatic rings. The number of unbranched alkanes of at least 4 members (excludes halogenated alkanes) is 1. The molecule has 0 saturated heterocycles. The van der Waals surface area contributed by atoms with E-state index >= 15 is 0 Å². The zero-order chi connectivity index (χ0) is 15.0. The first-order chi connectivity index (χ1) is 9.50. The van der Waals surface area contributed by atoms with E-state index in [0.29, 0.717) is 6.54 Å². The van der Waals surface area contributed by atoms with Crippen molar-refractivity contribution in [1.82, 2.24) is 20.2 Å². The molecule has 7 nitrogen and oxygen atoms in total. The van der Waals surface area contributed by atoms with Crippen LogP contribution in [0.5, 0.6) is 0 Å². The number of hydrogen-bond donors (Lipinski definition) is 3. The van der Waals surface area contributed by atoms with Crippen molar-refractivity contribution in [1.29, 1.82) is 0 Å². The average Bonchev–Trinajstić information content (AvgIpc) is 2.88. The number of aryl methyl sites for hydroxylation is 1. The van der Waals surface area contributed by atoms with Crippen LogP contribution in [-0.2, 0) is 11.3 Å². The Morgan fingerprint density at radius 2 is 2.10 bits per heavy atom. The molecule has 0 fully saturated rings. The highest BCUT2D eigenvalue weighted by atomic mass is 16.4. The summed E-state index contributed by atoms with van der Waals surface area (Å²) in [6.07, 6.45) is 7.11. The van der Waals surface area contributed by atoms with Gasteiger partial charge < -0.3 is 20.3 Å². The van der Waals surface area contributed by atoms with Crippen molar-refractivity contribution in [3.8, 4) is 0 Å². The monoisotopic (exact) mass is 282 g/mol. The van der Waals surface area contributed by atoms with Gasteiger partial charge in [-0.1, -0.05) is 13.8 Å². The molecule has 1 aromatic heterocycles. The Kier molecular flexibility index (Phi) is 6.55. The lowest BCUT2D eigenvalue weighted by Crippen LogP contribution is -2.48. The predicted molar refractivity (Wildman–Crippen MR) is 74.3 cm³/mol. The largest absolute Gasteiger partial charge is 0.480 e. The van der Waals surface area contributed by atoms with E-state index in [1.165, 1.54) is 0 Å². The molecule has 0 aliphatic heterocycles. The van der Waals surface area contributed by atoms with E-state index < -0.39 is 18.0 Å². The van der Waals surface area contributed by atoms with Crippen LogP contribution in [0.2, 0.25) is 0 Å². The lowest BCUT2D eigenvalue weighted by molar-refractivity contribution is -0.140. The summed E-state index contributed by atoms with van der Waals surface area (Å²) in [5.74, 6) is -1.17. The summed E-state index contributed by atoms with van der Waals surface area (Å²) in [4.78, 5) is 26.4. The van der Waals surface area contributed by atoms with E-state index in [1.807, 2.05) is 10.8 Å². The number of rotatable bonds is 8. The van der Waals surface area contributed by atoms with Crippen molar-refractivity contribution in [2.45, 2.75) is 39.3 Å². The van der Waals surface area contributed by atoms with E-state index in [2.05, 4.69) is 15.6 Å². The van der Waals surface area contributed by atoms with Crippen molar-refractivity contribution >= 4 is 12.0 Å². The Morgan fingerprint density at radius 1 is 1.35 bits per heavy atom. The van der Waals surface area contributed by atoms with Crippen LogP contribution in [0.1, 0.15) is 26.7 Å². The molecule has 1 aromatic rings. The van der Waals surface area contributed by atoms with Crippen molar-refractivity contribution < 1.29 is 14.7 Å². The zero-order valence-electron chi connectivity index (χ0n) is 11.9. The molecule has 0 unspecified atom stereocenters. The molecule has 0 radical (unpaired) electrons. The molecule has 0 aliphatic carbocycles. The number of nitrogens with one attached hydrogen (secondary N) is 2. The normalized spacial score (nSPS) is 12.2. The molecule has 20 heavy (non-hydrogen) atoms. The topological polar surface area (TPSA) is 96.3 Å². The molecule has 0 aromatic carbocycles. The Balaban J connectivity index is 2.14. The minimum atomic E-state index is -1.02. The second kappa shape index (κ2) is 8.19. The van der Waals surface area contributed by atoms with Crippen LogP contribution in [0, 0.1) is 5.92 Å². The van der Waals surface area contributed by atoms with Gasteiger partial charge in [0.2, 0.25) is 0 Å². The molecule has 7 heteroatoms. The number of urea groups is 1. The van der Waals surface area contributed by atoms with Crippen molar-refractivity contribution in [3.63, 3.8) is 0 Å². The van der Waals surface area contributed by atoms with Gasteiger partial charge in [-0.05, 0) is 18.8 Å². The van der Waals surface area contributed by atoms with E-state index in [0.717, 1.165) is 19.4 Å². The van der Waals surface area contributed by atoms with E-state index in [4.69, 9.17) is 5.11 Å². The standard InChI is InChI=1S/C13H22N4O3/c1-10(2)11(12(18)19)16-13(20)15-5-3-4-7-17-8-6-14-9-17/h6,8-11H,3-5,7H2,1-2H3,(H,18,19)(H2,15,16,20)/t11-/m1/s1. The minimum Gasteiger partial charge on any atom is -0.480 e. The first-order valence-corrected chi connectivity index (χ1v) is 6.73. The quantitative estimate of drug-likeness (QED) is 0.621. The summed E-state index contributed by atoms with van der Waals surface area (Å²) in [5.41, 5.74) is 0. The Hall–Kier alpha value is -2.05. The first-order valence-electron chi connectivity index (χ1n) is 6.73. The Labute approximate surface area is 118 Å². The number of nitrogens with zero attached hydrogens (tertiary/aromatic N) is 2. The average molecular weight is 282 g/mol. The Morgan fingerprint density at radius 3 is 2.65 bits per heavy atom. The maximum absolute atomic E-state index is 11.6. The number of imidazole rings is 1. The first kappa shape index (κ1) is 16.0. The number of aliphatic carboxylic acids is 1. The molecule has 0 saturated carbocycles. The van der Waals surface area contributed by atoms with Gasteiger partial charge in [0.05, 0.1) is 6.33 Å². The second-order valence-electron chi connectivity index (χ2n) is 4.97. The highest BCUT2D eigenvalue weighted by Gasteiger charge is 2.22. The molecule has 1 rings (SSSR count). The minimum absolute atomic E-state index is 0.153. The smallest absolute Gasteiger partial charge is 0.326 e. The molecular formula is C13H22N4O3. The SMILES string of the molecule is CC(C)[C@@H](NC(=O)NCCCCn1ccnc1)C(=O)O. The van der Waals surface area contributed by atoms with Crippen LogP contribution in [-0.4, -0.2) is 39.2 Å². The molecule has 0 spiro atoms.